The van der Waals surface area contributed by atoms with E-state index in [2.05, 4.69) is 26.7 Å². The molecule has 0 unspecified atom stereocenters. The highest BCUT2D eigenvalue weighted by atomic mass is 19.4. The summed E-state index contributed by atoms with van der Waals surface area (Å²) in [5, 5.41) is 4.95. The number of hydrogen-bond acceptors (Lipinski definition) is 5. The van der Waals surface area contributed by atoms with Gasteiger partial charge in [-0.3, -0.25) is 0 Å². The molecule has 0 amide bonds. The van der Waals surface area contributed by atoms with Crippen molar-refractivity contribution in [2.75, 3.05) is 24.8 Å². The molecule has 0 aliphatic heterocycles. The van der Waals surface area contributed by atoms with Crippen LogP contribution in [0.1, 0.15) is 5.56 Å². The molecule has 1 heterocycles. The molecule has 5 nitrogen and oxygen atoms in total. The SMILES string of the molecule is CNc1nc(Nc2cc(F)[c]cc2OC)ncc1C(F)(F)F. The van der Waals surface area contributed by atoms with E-state index >= 15 is 0 Å². The molecule has 117 valence electrons. The molecule has 0 bridgehead atoms. The second kappa shape index (κ2) is 6.04. The van der Waals surface area contributed by atoms with Crippen LogP contribution in [-0.2, 0) is 6.18 Å². The van der Waals surface area contributed by atoms with E-state index in [-0.39, 0.29) is 17.4 Å². The summed E-state index contributed by atoms with van der Waals surface area (Å²) in [5.41, 5.74) is -0.833. The van der Waals surface area contributed by atoms with Gasteiger partial charge in [0.15, 0.2) is 0 Å². The number of ether oxygens (including phenoxy) is 1. The molecule has 0 fully saturated rings. The largest absolute Gasteiger partial charge is 0.495 e. The van der Waals surface area contributed by atoms with Crippen molar-refractivity contribution in [3.8, 4) is 5.75 Å². The van der Waals surface area contributed by atoms with Crippen LogP contribution >= 0.6 is 0 Å². The topological polar surface area (TPSA) is 59.1 Å². The Kier molecular flexibility index (Phi) is 4.34. The van der Waals surface area contributed by atoms with Gasteiger partial charge in [0.05, 0.1) is 12.8 Å². The van der Waals surface area contributed by atoms with Crippen molar-refractivity contribution in [1.82, 2.24) is 9.97 Å². The van der Waals surface area contributed by atoms with Crippen LogP contribution in [-0.4, -0.2) is 24.1 Å². The lowest BCUT2D eigenvalue weighted by molar-refractivity contribution is -0.137. The van der Waals surface area contributed by atoms with Crippen LogP contribution in [0.15, 0.2) is 18.3 Å². The van der Waals surface area contributed by atoms with Gasteiger partial charge in [-0.2, -0.15) is 18.2 Å². The van der Waals surface area contributed by atoms with Gasteiger partial charge in [0, 0.05) is 25.4 Å². The second-order valence-electron chi connectivity index (χ2n) is 4.09. The molecular formula is C13H11F4N4O. The quantitative estimate of drug-likeness (QED) is 0.848. The standard InChI is InChI=1S/C13H11F4N4O/c1-18-11-8(13(15,16)17)6-19-12(21-11)20-9-5-7(14)3-4-10(9)22-2/h4-6H,1-2H3,(H2,18,19,20,21). The van der Waals surface area contributed by atoms with Gasteiger partial charge >= 0.3 is 6.18 Å². The molecule has 0 saturated carbocycles. The van der Waals surface area contributed by atoms with E-state index < -0.39 is 23.4 Å². The second-order valence-corrected chi connectivity index (χ2v) is 4.09. The molecule has 2 N–H and O–H groups in total. The van der Waals surface area contributed by atoms with Gasteiger partial charge < -0.3 is 15.4 Å². The Labute approximate surface area is 123 Å². The molecule has 0 spiro atoms. The predicted octanol–water partition coefficient (Wildman–Crippen LogP) is 3.23. The van der Waals surface area contributed by atoms with Crippen molar-refractivity contribution < 1.29 is 22.3 Å². The Balaban J connectivity index is 2.37. The summed E-state index contributed by atoms with van der Waals surface area (Å²) in [6, 6.07) is 4.61. The van der Waals surface area contributed by atoms with Crippen molar-refractivity contribution in [3.05, 3.63) is 35.8 Å². The molecule has 0 aliphatic rings. The highest BCUT2D eigenvalue weighted by Crippen LogP contribution is 2.34. The zero-order valence-electron chi connectivity index (χ0n) is 11.5. The molecule has 0 aliphatic carbocycles. The summed E-state index contributed by atoms with van der Waals surface area (Å²) >= 11 is 0. The van der Waals surface area contributed by atoms with Gasteiger partial charge in [0.2, 0.25) is 5.95 Å². The number of aromatic nitrogens is 2. The third-order valence-electron chi connectivity index (χ3n) is 2.68. The lowest BCUT2D eigenvalue weighted by Crippen LogP contribution is -2.12. The van der Waals surface area contributed by atoms with Crippen LogP contribution < -0.4 is 15.4 Å². The summed E-state index contributed by atoms with van der Waals surface area (Å²) in [4.78, 5) is 7.30. The maximum absolute atomic E-state index is 13.2. The minimum atomic E-state index is -4.58. The summed E-state index contributed by atoms with van der Waals surface area (Å²) in [6.45, 7) is 0. The zero-order valence-corrected chi connectivity index (χ0v) is 11.5. The Morgan fingerprint density at radius 2 is 2.05 bits per heavy atom. The number of halogens is 4. The number of rotatable bonds is 4. The number of alkyl halides is 3. The number of benzene rings is 1. The molecule has 0 saturated heterocycles. The summed E-state index contributed by atoms with van der Waals surface area (Å²) in [7, 11) is 2.66. The first kappa shape index (κ1) is 15.8. The van der Waals surface area contributed by atoms with Crippen LogP contribution in [0.3, 0.4) is 0 Å². The first-order chi connectivity index (χ1) is 10.3. The minimum absolute atomic E-state index is 0.138. The van der Waals surface area contributed by atoms with Crippen molar-refractivity contribution in [2.24, 2.45) is 0 Å². The Bertz CT molecular complexity index is 676. The molecule has 0 atom stereocenters. The van der Waals surface area contributed by atoms with Crippen molar-refractivity contribution >= 4 is 17.5 Å². The van der Waals surface area contributed by atoms with Crippen LogP contribution in [0, 0.1) is 11.9 Å². The van der Waals surface area contributed by atoms with Crippen LogP contribution in [0.5, 0.6) is 5.75 Å². The molecular weight excluding hydrogens is 304 g/mol. The van der Waals surface area contributed by atoms with E-state index in [1.807, 2.05) is 0 Å². The first-order valence-electron chi connectivity index (χ1n) is 5.99. The van der Waals surface area contributed by atoms with E-state index in [9.17, 15) is 17.6 Å². The Morgan fingerprint density at radius 1 is 1.32 bits per heavy atom. The van der Waals surface area contributed by atoms with E-state index in [4.69, 9.17) is 4.74 Å². The van der Waals surface area contributed by atoms with Crippen LogP contribution in [0.4, 0.5) is 35.0 Å². The number of methoxy groups -OCH3 is 1. The lowest BCUT2D eigenvalue weighted by atomic mass is 10.3. The van der Waals surface area contributed by atoms with Gasteiger partial charge in [-0.25, -0.2) is 9.37 Å². The summed E-state index contributed by atoms with van der Waals surface area (Å²) in [6.07, 6.45) is -3.94. The zero-order chi connectivity index (χ0) is 16.3. The van der Waals surface area contributed by atoms with Gasteiger partial charge in [-0.15, -0.1) is 0 Å². The number of nitrogens with one attached hydrogen (secondary N) is 2. The minimum Gasteiger partial charge on any atom is -0.495 e. The Hall–Kier alpha value is -2.58. The van der Waals surface area contributed by atoms with Gasteiger partial charge in [-0.1, -0.05) is 0 Å². The lowest BCUT2D eigenvalue weighted by Gasteiger charge is -2.14. The molecule has 2 rings (SSSR count). The van der Waals surface area contributed by atoms with Crippen molar-refractivity contribution in [3.63, 3.8) is 0 Å². The van der Waals surface area contributed by atoms with E-state index in [1.54, 1.807) is 0 Å². The highest BCUT2D eigenvalue weighted by Gasteiger charge is 2.35. The first-order valence-corrected chi connectivity index (χ1v) is 5.99. The number of hydrogen-bond donors (Lipinski definition) is 2. The summed E-state index contributed by atoms with van der Waals surface area (Å²) in [5.74, 6) is -0.951. The monoisotopic (exact) mass is 315 g/mol. The fraction of sp³-hybridized carbons (Fsp3) is 0.231. The van der Waals surface area contributed by atoms with Gasteiger partial charge in [0.1, 0.15) is 22.9 Å². The van der Waals surface area contributed by atoms with Crippen LogP contribution in [0.2, 0.25) is 0 Å². The molecule has 1 radical (unpaired) electrons. The number of nitrogens with zero attached hydrogens (tertiary/aromatic N) is 2. The highest BCUT2D eigenvalue weighted by molar-refractivity contribution is 5.63. The van der Waals surface area contributed by atoms with Crippen molar-refractivity contribution in [1.29, 1.82) is 0 Å². The Morgan fingerprint density at radius 3 is 2.64 bits per heavy atom. The number of anilines is 3. The molecule has 9 heteroatoms. The van der Waals surface area contributed by atoms with E-state index in [0.717, 1.165) is 6.07 Å². The third-order valence-corrected chi connectivity index (χ3v) is 2.68. The normalized spacial score (nSPS) is 11.2. The van der Waals surface area contributed by atoms with Gasteiger partial charge in [-0.05, 0) is 6.07 Å². The van der Waals surface area contributed by atoms with Crippen LogP contribution in [0.25, 0.3) is 0 Å². The predicted molar refractivity (Wildman–Crippen MR) is 71.7 cm³/mol. The molecule has 2 aromatic rings. The smallest absolute Gasteiger partial charge is 0.421 e. The molecule has 1 aromatic carbocycles. The average molecular weight is 315 g/mol. The molecule has 1 aromatic heterocycles. The van der Waals surface area contributed by atoms with Gasteiger partial charge in [0.25, 0.3) is 0 Å². The fourth-order valence-corrected chi connectivity index (χ4v) is 1.68. The maximum Gasteiger partial charge on any atom is 0.421 e. The molecule has 22 heavy (non-hydrogen) atoms. The average Bonchev–Trinajstić information content (AvgIpc) is 2.46. The van der Waals surface area contributed by atoms with E-state index in [1.165, 1.54) is 20.2 Å². The summed E-state index contributed by atoms with van der Waals surface area (Å²) < 4.78 is 56.4. The fourth-order valence-electron chi connectivity index (χ4n) is 1.68. The third kappa shape index (κ3) is 3.35. The van der Waals surface area contributed by atoms with E-state index in [0.29, 0.717) is 6.20 Å². The van der Waals surface area contributed by atoms with Crippen molar-refractivity contribution in [2.45, 2.75) is 6.18 Å². The maximum atomic E-state index is 13.2.